The molecule has 34 heavy (non-hydrogen) atoms. The van der Waals surface area contributed by atoms with Gasteiger partial charge in [0.15, 0.2) is 0 Å². The Labute approximate surface area is 204 Å². The van der Waals surface area contributed by atoms with Crippen LogP contribution in [0.2, 0.25) is 0 Å². The summed E-state index contributed by atoms with van der Waals surface area (Å²) in [6.07, 6.45) is 9.20. The Bertz CT molecular complexity index is 809. The van der Waals surface area contributed by atoms with Gasteiger partial charge in [0.2, 0.25) is 0 Å². The fraction of sp³-hybridized carbons (Fsp3) is 0.893. The average molecular weight is 477 g/mol. The van der Waals surface area contributed by atoms with Crippen molar-refractivity contribution in [1.82, 2.24) is 0 Å². The second-order valence-electron chi connectivity index (χ2n) is 12.5. The third-order valence-electron chi connectivity index (χ3n) is 10.8. The predicted octanol–water partition coefficient (Wildman–Crippen LogP) is 5.62. The van der Waals surface area contributed by atoms with Crippen molar-refractivity contribution in [3.8, 4) is 0 Å². The summed E-state index contributed by atoms with van der Waals surface area (Å²) in [5, 5.41) is 9.20. The first-order valence-electron chi connectivity index (χ1n) is 13.5. The first kappa shape index (κ1) is 25.5. The van der Waals surface area contributed by atoms with Gasteiger partial charge in [0.25, 0.3) is 0 Å². The van der Waals surface area contributed by atoms with E-state index in [0.717, 1.165) is 51.4 Å². The van der Waals surface area contributed by atoms with E-state index >= 15 is 0 Å². The molecular formula is C28H44O6. The minimum Gasteiger partial charge on any atom is -0.481 e. The van der Waals surface area contributed by atoms with Gasteiger partial charge in [0, 0.05) is 26.2 Å². The van der Waals surface area contributed by atoms with Crippen molar-refractivity contribution < 1.29 is 29.0 Å². The van der Waals surface area contributed by atoms with Crippen molar-refractivity contribution in [2.75, 3.05) is 0 Å². The minimum atomic E-state index is -0.708. The molecule has 0 saturated heterocycles. The predicted molar refractivity (Wildman–Crippen MR) is 128 cm³/mol. The molecule has 6 nitrogen and oxygen atoms in total. The lowest BCUT2D eigenvalue weighted by Gasteiger charge is -2.62. The third kappa shape index (κ3) is 4.51. The van der Waals surface area contributed by atoms with E-state index in [1.807, 2.05) is 0 Å². The first-order valence-corrected chi connectivity index (χ1v) is 13.5. The fourth-order valence-electron chi connectivity index (χ4n) is 9.36. The SMILES string of the molecule is CC(=O)O[C@H]1CC[C@@]2(C)[C@H](C1)C[C@@H](OC(C)=O)[C@@H]1[C@@H]2CC[C@]2(C)[C@@H]([C@@H](C)CCC(=O)O)CC[C@@H]12. The van der Waals surface area contributed by atoms with E-state index < -0.39 is 5.97 Å². The summed E-state index contributed by atoms with van der Waals surface area (Å²) < 4.78 is 11.7. The summed E-state index contributed by atoms with van der Waals surface area (Å²) in [6.45, 7) is 10.2. The summed E-state index contributed by atoms with van der Waals surface area (Å²) in [4.78, 5) is 35.0. The van der Waals surface area contributed by atoms with E-state index in [1.54, 1.807) is 0 Å². The molecule has 0 radical (unpaired) electrons. The van der Waals surface area contributed by atoms with Crippen molar-refractivity contribution in [3.63, 3.8) is 0 Å². The molecule has 192 valence electrons. The molecule has 4 saturated carbocycles. The maximum atomic E-state index is 12.2. The minimum absolute atomic E-state index is 0.0232. The highest BCUT2D eigenvalue weighted by atomic mass is 16.5. The zero-order chi connectivity index (χ0) is 24.8. The largest absolute Gasteiger partial charge is 0.481 e. The molecule has 0 aliphatic heterocycles. The molecule has 1 N–H and O–H groups in total. The second kappa shape index (κ2) is 9.46. The lowest BCUT2D eigenvalue weighted by Crippen LogP contribution is -2.59. The molecule has 4 aliphatic rings. The fourth-order valence-corrected chi connectivity index (χ4v) is 9.36. The van der Waals surface area contributed by atoms with Crippen LogP contribution in [0.5, 0.6) is 0 Å². The first-order chi connectivity index (χ1) is 16.0. The lowest BCUT2D eigenvalue weighted by atomic mass is 9.43. The Balaban J connectivity index is 1.59. The molecule has 4 rings (SSSR count). The van der Waals surface area contributed by atoms with Crippen molar-refractivity contribution in [2.24, 2.45) is 46.3 Å². The van der Waals surface area contributed by atoms with Gasteiger partial charge < -0.3 is 14.6 Å². The average Bonchev–Trinajstić information content (AvgIpc) is 3.09. The molecule has 0 heterocycles. The number of rotatable bonds is 6. The van der Waals surface area contributed by atoms with Crippen LogP contribution in [0.15, 0.2) is 0 Å². The molecule has 0 aromatic carbocycles. The molecule has 0 spiro atoms. The third-order valence-corrected chi connectivity index (χ3v) is 10.8. The van der Waals surface area contributed by atoms with Crippen LogP contribution in [0.25, 0.3) is 0 Å². The zero-order valence-electron chi connectivity index (χ0n) is 21.7. The summed E-state index contributed by atoms with van der Waals surface area (Å²) in [5.74, 6) is 1.59. The molecule has 0 aromatic rings. The summed E-state index contributed by atoms with van der Waals surface area (Å²) in [6, 6.07) is 0. The number of ether oxygens (including phenoxy) is 2. The smallest absolute Gasteiger partial charge is 0.303 e. The Morgan fingerprint density at radius 3 is 2.21 bits per heavy atom. The summed E-state index contributed by atoms with van der Waals surface area (Å²) in [7, 11) is 0. The highest BCUT2D eigenvalue weighted by Gasteiger charge is 2.63. The van der Waals surface area contributed by atoms with Crippen LogP contribution >= 0.6 is 0 Å². The Kier molecular flexibility index (Phi) is 7.10. The topological polar surface area (TPSA) is 89.9 Å². The van der Waals surface area contributed by atoms with Gasteiger partial charge in [-0.05, 0) is 98.2 Å². The maximum Gasteiger partial charge on any atom is 0.303 e. The number of carbonyl (C=O) groups is 3. The van der Waals surface area contributed by atoms with Crippen LogP contribution in [0.4, 0.5) is 0 Å². The summed E-state index contributed by atoms with van der Waals surface area (Å²) >= 11 is 0. The van der Waals surface area contributed by atoms with E-state index in [0.29, 0.717) is 35.5 Å². The van der Waals surface area contributed by atoms with Gasteiger partial charge in [-0.15, -0.1) is 0 Å². The van der Waals surface area contributed by atoms with Crippen molar-refractivity contribution in [3.05, 3.63) is 0 Å². The van der Waals surface area contributed by atoms with Crippen LogP contribution in [0.3, 0.4) is 0 Å². The number of hydrogen-bond donors (Lipinski definition) is 1. The molecule has 0 unspecified atom stereocenters. The number of esters is 2. The van der Waals surface area contributed by atoms with Gasteiger partial charge in [-0.25, -0.2) is 0 Å². The Hall–Kier alpha value is -1.59. The quantitative estimate of drug-likeness (QED) is 0.501. The number of fused-ring (bicyclic) bond motifs is 5. The van der Waals surface area contributed by atoms with Gasteiger partial charge in [-0.2, -0.15) is 0 Å². The van der Waals surface area contributed by atoms with Gasteiger partial charge in [-0.3, -0.25) is 14.4 Å². The molecular weight excluding hydrogens is 432 g/mol. The van der Waals surface area contributed by atoms with Crippen LogP contribution < -0.4 is 0 Å². The number of carboxylic acid groups (broad SMARTS) is 1. The van der Waals surface area contributed by atoms with E-state index in [-0.39, 0.29) is 41.4 Å². The van der Waals surface area contributed by atoms with Crippen LogP contribution in [-0.2, 0) is 23.9 Å². The molecule has 4 aliphatic carbocycles. The summed E-state index contributed by atoms with van der Waals surface area (Å²) in [5.41, 5.74) is 0.363. The Morgan fingerprint density at radius 2 is 1.56 bits per heavy atom. The highest BCUT2D eigenvalue weighted by Crippen LogP contribution is 2.68. The monoisotopic (exact) mass is 476 g/mol. The molecule has 10 atom stereocenters. The van der Waals surface area contributed by atoms with Gasteiger partial charge in [0.1, 0.15) is 12.2 Å². The molecule has 0 amide bonds. The number of carbonyl (C=O) groups excluding carboxylic acids is 2. The molecule has 0 bridgehead atoms. The van der Waals surface area contributed by atoms with Crippen molar-refractivity contribution in [2.45, 2.75) is 111 Å². The molecule has 6 heteroatoms. The second-order valence-corrected chi connectivity index (χ2v) is 12.5. The van der Waals surface area contributed by atoms with Crippen molar-refractivity contribution in [1.29, 1.82) is 0 Å². The number of carboxylic acids is 1. The van der Waals surface area contributed by atoms with Crippen LogP contribution in [0.1, 0.15) is 98.8 Å². The number of aliphatic carboxylic acids is 1. The van der Waals surface area contributed by atoms with Gasteiger partial charge in [0.05, 0.1) is 0 Å². The van der Waals surface area contributed by atoms with Crippen LogP contribution in [-0.4, -0.2) is 35.2 Å². The zero-order valence-corrected chi connectivity index (χ0v) is 21.7. The van der Waals surface area contributed by atoms with E-state index in [4.69, 9.17) is 9.47 Å². The maximum absolute atomic E-state index is 12.2. The van der Waals surface area contributed by atoms with Gasteiger partial charge in [-0.1, -0.05) is 20.8 Å². The van der Waals surface area contributed by atoms with Crippen LogP contribution in [0, 0.1) is 46.3 Å². The standard InChI is InChI=1S/C28H44O6/c1-16(6-9-25(31)32)21-7-8-22-26-23(11-13-28(21,22)5)27(4)12-10-20(33-17(2)29)14-19(27)15-24(26)34-18(3)30/h16,19-24,26H,6-15H2,1-5H3,(H,31,32)/t16-,19+,20-,21+,22-,23-,24+,26-,27-,28+/m0/s1. The van der Waals surface area contributed by atoms with E-state index in [1.165, 1.54) is 20.3 Å². The molecule has 0 aromatic heterocycles. The normalized spacial score (nSPS) is 44.2. The molecule has 4 fully saturated rings. The van der Waals surface area contributed by atoms with E-state index in [9.17, 15) is 19.5 Å². The van der Waals surface area contributed by atoms with Gasteiger partial charge >= 0.3 is 17.9 Å². The Morgan fingerprint density at radius 1 is 0.912 bits per heavy atom. The van der Waals surface area contributed by atoms with E-state index in [2.05, 4.69) is 20.8 Å². The van der Waals surface area contributed by atoms with Crippen molar-refractivity contribution >= 4 is 17.9 Å². The lowest BCUT2D eigenvalue weighted by molar-refractivity contribution is -0.197. The highest BCUT2D eigenvalue weighted by molar-refractivity contribution is 5.67. The number of hydrogen-bond acceptors (Lipinski definition) is 5.